The summed E-state index contributed by atoms with van der Waals surface area (Å²) in [7, 11) is 1.58. The van der Waals surface area contributed by atoms with E-state index in [-0.39, 0.29) is 5.91 Å². The summed E-state index contributed by atoms with van der Waals surface area (Å²) >= 11 is 0. The Kier molecular flexibility index (Phi) is 3.72. The molecular formula is C23H16N2O3. The van der Waals surface area contributed by atoms with Crippen LogP contribution >= 0.6 is 0 Å². The summed E-state index contributed by atoms with van der Waals surface area (Å²) in [5.41, 5.74) is 3.37. The molecule has 1 amide bonds. The Morgan fingerprint density at radius 3 is 2.57 bits per heavy atom. The largest absolute Gasteiger partial charge is 0.495 e. The summed E-state index contributed by atoms with van der Waals surface area (Å²) in [6, 6.07) is 20.8. The van der Waals surface area contributed by atoms with Gasteiger partial charge in [-0.1, -0.05) is 36.4 Å². The molecule has 1 N–H and O–H groups in total. The first-order valence-electron chi connectivity index (χ1n) is 8.89. The van der Waals surface area contributed by atoms with E-state index in [9.17, 15) is 4.79 Å². The number of aromatic nitrogens is 1. The number of benzene rings is 3. The normalized spacial score (nSPS) is 11.2. The third-order valence-electron chi connectivity index (χ3n) is 4.84. The maximum absolute atomic E-state index is 13.0. The number of nitrogens with zero attached hydrogens (tertiary/aromatic N) is 1. The van der Waals surface area contributed by atoms with Gasteiger partial charge in [0.25, 0.3) is 5.91 Å². The van der Waals surface area contributed by atoms with Crippen LogP contribution < -0.4 is 10.1 Å². The zero-order valence-corrected chi connectivity index (χ0v) is 15.1. The van der Waals surface area contributed by atoms with Crippen LogP contribution in [0.3, 0.4) is 0 Å². The first kappa shape index (κ1) is 16.3. The van der Waals surface area contributed by atoms with Crippen molar-refractivity contribution >= 4 is 44.4 Å². The zero-order chi connectivity index (χ0) is 19.1. The Labute approximate surface area is 160 Å². The molecule has 0 bridgehead atoms. The molecular weight excluding hydrogens is 352 g/mol. The third-order valence-corrected chi connectivity index (χ3v) is 4.84. The van der Waals surface area contributed by atoms with Crippen molar-refractivity contribution in [2.24, 2.45) is 0 Å². The second-order valence-electron chi connectivity index (χ2n) is 6.48. The number of hydrogen-bond acceptors (Lipinski definition) is 4. The molecule has 3 aromatic carbocycles. The van der Waals surface area contributed by atoms with Crippen molar-refractivity contribution in [2.45, 2.75) is 0 Å². The lowest BCUT2D eigenvalue weighted by molar-refractivity contribution is 0.102. The molecule has 0 radical (unpaired) electrons. The average Bonchev–Trinajstić information content (AvgIpc) is 3.10. The molecule has 0 saturated carbocycles. The number of nitrogens with one attached hydrogen (secondary N) is 1. The summed E-state index contributed by atoms with van der Waals surface area (Å²) in [6.07, 6.45) is 1.64. The molecule has 0 aliphatic carbocycles. The zero-order valence-electron chi connectivity index (χ0n) is 15.1. The Bertz CT molecular complexity index is 1350. The fourth-order valence-electron chi connectivity index (χ4n) is 3.50. The summed E-state index contributed by atoms with van der Waals surface area (Å²) in [5, 5.41) is 5.70. The highest BCUT2D eigenvalue weighted by atomic mass is 16.5. The van der Waals surface area contributed by atoms with Crippen molar-refractivity contribution in [3.63, 3.8) is 0 Å². The second kappa shape index (κ2) is 6.39. The molecule has 2 heterocycles. The Balaban J connectivity index is 1.60. The van der Waals surface area contributed by atoms with Gasteiger partial charge in [-0.05, 0) is 24.3 Å². The van der Waals surface area contributed by atoms with Crippen LogP contribution in [-0.2, 0) is 0 Å². The molecule has 5 nitrogen and oxygen atoms in total. The smallest absolute Gasteiger partial charge is 0.256 e. The van der Waals surface area contributed by atoms with E-state index in [1.165, 1.54) is 0 Å². The van der Waals surface area contributed by atoms with Crippen LogP contribution in [0.15, 0.2) is 77.3 Å². The SMILES string of the molecule is COc1cc2c(cc1NC(=O)c1ccnc3ccccc13)oc1ccccc12. The Hall–Kier alpha value is -3.86. The average molecular weight is 368 g/mol. The van der Waals surface area contributed by atoms with Crippen molar-refractivity contribution < 1.29 is 13.9 Å². The molecule has 0 saturated heterocycles. The van der Waals surface area contributed by atoms with Gasteiger partial charge in [0, 0.05) is 28.4 Å². The minimum atomic E-state index is -0.229. The molecule has 5 rings (SSSR count). The quantitative estimate of drug-likeness (QED) is 0.463. The van der Waals surface area contributed by atoms with Gasteiger partial charge in [0.05, 0.1) is 23.9 Å². The van der Waals surface area contributed by atoms with Crippen molar-refractivity contribution in [1.82, 2.24) is 4.98 Å². The van der Waals surface area contributed by atoms with Crippen LogP contribution in [0.2, 0.25) is 0 Å². The highest BCUT2D eigenvalue weighted by molar-refractivity contribution is 6.14. The van der Waals surface area contributed by atoms with Crippen LogP contribution in [0, 0.1) is 0 Å². The third kappa shape index (κ3) is 2.56. The molecule has 0 aliphatic heterocycles. The van der Waals surface area contributed by atoms with E-state index in [0.29, 0.717) is 22.6 Å². The van der Waals surface area contributed by atoms with E-state index in [2.05, 4.69) is 10.3 Å². The van der Waals surface area contributed by atoms with Crippen molar-refractivity contribution in [1.29, 1.82) is 0 Å². The fraction of sp³-hybridized carbons (Fsp3) is 0.0435. The van der Waals surface area contributed by atoms with E-state index in [1.807, 2.05) is 54.6 Å². The number of pyridine rings is 1. The number of carbonyl (C=O) groups excluding carboxylic acids is 1. The number of fused-ring (bicyclic) bond motifs is 4. The van der Waals surface area contributed by atoms with E-state index in [0.717, 1.165) is 27.3 Å². The van der Waals surface area contributed by atoms with Gasteiger partial charge in [0.15, 0.2) is 0 Å². The second-order valence-corrected chi connectivity index (χ2v) is 6.48. The predicted octanol–water partition coefficient (Wildman–Crippen LogP) is 5.40. The van der Waals surface area contributed by atoms with Gasteiger partial charge < -0.3 is 14.5 Å². The number of furan rings is 1. The van der Waals surface area contributed by atoms with Gasteiger partial charge in [-0.15, -0.1) is 0 Å². The molecule has 2 aromatic heterocycles. The first-order chi connectivity index (χ1) is 13.7. The van der Waals surface area contributed by atoms with E-state index < -0.39 is 0 Å². The summed E-state index contributed by atoms with van der Waals surface area (Å²) in [5.74, 6) is 0.345. The number of rotatable bonds is 3. The maximum Gasteiger partial charge on any atom is 0.256 e. The number of para-hydroxylation sites is 2. The van der Waals surface area contributed by atoms with E-state index >= 15 is 0 Å². The first-order valence-corrected chi connectivity index (χ1v) is 8.89. The van der Waals surface area contributed by atoms with Gasteiger partial charge in [-0.3, -0.25) is 9.78 Å². The number of amides is 1. The molecule has 0 fully saturated rings. The molecule has 0 unspecified atom stereocenters. The van der Waals surface area contributed by atoms with Gasteiger partial charge in [0.1, 0.15) is 16.9 Å². The van der Waals surface area contributed by atoms with Gasteiger partial charge in [0.2, 0.25) is 0 Å². The fourth-order valence-corrected chi connectivity index (χ4v) is 3.50. The lowest BCUT2D eigenvalue weighted by Gasteiger charge is -2.11. The lowest BCUT2D eigenvalue weighted by Crippen LogP contribution is -2.13. The van der Waals surface area contributed by atoms with Crippen LogP contribution in [-0.4, -0.2) is 18.0 Å². The number of anilines is 1. The molecule has 136 valence electrons. The molecule has 5 heteroatoms. The molecule has 0 atom stereocenters. The topological polar surface area (TPSA) is 64.4 Å². The number of methoxy groups -OCH3 is 1. The minimum Gasteiger partial charge on any atom is -0.495 e. The van der Waals surface area contributed by atoms with Crippen LogP contribution in [0.25, 0.3) is 32.8 Å². The van der Waals surface area contributed by atoms with Gasteiger partial charge in [-0.25, -0.2) is 0 Å². The molecule has 0 aliphatic rings. The van der Waals surface area contributed by atoms with E-state index in [1.54, 1.807) is 25.4 Å². The van der Waals surface area contributed by atoms with E-state index in [4.69, 9.17) is 9.15 Å². The van der Waals surface area contributed by atoms with Gasteiger partial charge >= 0.3 is 0 Å². The van der Waals surface area contributed by atoms with Crippen molar-refractivity contribution in [3.8, 4) is 5.75 Å². The molecule has 0 spiro atoms. The monoisotopic (exact) mass is 368 g/mol. The van der Waals surface area contributed by atoms with Gasteiger partial charge in [-0.2, -0.15) is 0 Å². The van der Waals surface area contributed by atoms with Crippen molar-refractivity contribution in [2.75, 3.05) is 12.4 Å². The summed E-state index contributed by atoms with van der Waals surface area (Å²) in [4.78, 5) is 17.3. The number of ether oxygens (including phenoxy) is 1. The van der Waals surface area contributed by atoms with Crippen LogP contribution in [0.4, 0.5) is 5.69 Å². The predicted molar refractivity (Wildman–Crippen MR) is 110 cm³/mol. The van der Waals surface area contributed by atoms with Crippen molar-refractivity contribution in [3.05, 3.63) is 78.5 Å². The highest BCUT2D eigenvalue weighted by Gasteiger charge is 2.16. The summed E-state index contributed by atoms with van der Waals surface area (Å²) in [6.45, 7) is 0. The minimum absolute atomic E-state index is 0.229. The molecule has 5 aromatic rings. The summed E-state index contributed by atoms with van der Waals surface area (Å²) < 4.78 is 11.5. The maximum atomic E-state index is 13.0. The molecule has 28 heavy (non-hydrogen) atoms. The Morgan fingerprint density at radius 1 is 0.929 bits per heavy atom. The highest BCUT2D eigenvalue weighted by Crippen LogP contribution is 2.36. The number of hydrogen-bond donors (Lipinski definition) is 1. The lowest BCUT2D eigenvalue weighted by atomic mass is 10.1. The van der Waals surface area contributed by atoms with Crippen LogP contribution in [0.1, 0.15) is 10.4 Å². The Morgan fingerprint density at radius 2 is 1.71 bits per heavy atom. The van der Waals surface area contributed by atoms with Crippen LogP contribution in [0.5, 0.6) is 5.75 Å². The number of carbonyl (C=O) groups is 1. The standard InChI is InChI=1S/C23H16N2O3/c1-27-22-12-17-15-7-3-5-9-20(15)28-21(17)13-19(22)25-23(26)16-10-11-24-18-8-4-2-6-14(16)18/h2-13H,1H3,(H,25,26).